The van der Waals surface area contributed by atoms with Crippen molar-refractivity contribution in [3.8, 4) is 0 Å². The summed E-state index contributed by atoms with van der Waals surface area (Å²) in [6, 6.07) is 8.15. The Hall–Kier alpha value is -2.32. The van der Waals surface area contributed by atoms with E-state index in [1.165, 1.54) is 0 Å². The van der Waals surface area contributed by atoms with Gasteiger partial charge in [0.1, 0.15) is 5.03 Å². The number of fused-ring (bicyclic) bond motifs is 1. The van der Waals surface area contributed by atoms with Crippen LogP contribution in [0.15, 0.2) is 35.5 Å². The van der Waals surface area contributed by atoms with Gasteiger partial charge in [-0.2, -0.15) is 14.0 Å². The third kappa shape index (κ3) is 4.65. The summed E-state index contributed by atoms with van der Waals surface area (Å²) in [7, 11) is 4.03. The monoisotopic (exact) mass is 442 g/mol. The largest absolute Gasteiger partial charge is 0.377 e. The predicted octanol–water partition coefficient (Wildman–Crippen LogP) is 4.51. The molecule has 2 aromatic heterocycles. The molecular formula is C23H31FN6S. The van der Waals surface area contributed by atoms with E-state index in [4.69, 9.17) is 4.98 Å². The minimum absolute atomic E-state index is 0.259. The molecule has 8 heteroatoms. The van der Waals surface area contributed by atoms with Crippen molar-refractivity contribution in [3.05, 3.63) is 47.4 Å². The van der Waals surface area contributed by atoms with Crippen LogP contribution in [0.2, 0.25) is 0 Å². The van der Waals surface area contributed by atoms with Crippen LogP contribution in [0.3, 0.4) is 0 Å². The highest BCUT2D eigenvalue weighted by Crippen LogP contribution is 2.34. The van der Waals surface area contributed by atoms with E-state index in [-0.39, 0.29) is 11.7 Å². The molecule has 0 radical (unpaired) electrons. The van der Waals surface area contributed by atoms with Gasteiger partial charge in [0.05, 0.1) is 6.20 Å². The number of anilines is 2. The molecule has 4 rings (SSSR count). The zero-order valence-electron chi connectivity index (χ0n) is 18.7. The second-order valence-electron chi connectivity index (χ2n) is 8.51. The summed E-state index contributed by atoms with van der Waals surface area (Å²) in [4.78, 5) is 6.80. The van der Waals surface area contributed by atoms with Gasteiger partial charge in [0.15, 0.2) is 17.3 Å². The number of hydrogen-bond donors (Lipinski definition) is 2. The van der Waals surface area contributed by atoms with E-state index in [0.717, 1.165) is 48.4 Å². The van der Waals surface area contributed by atoms with Crippen LogP contribution in [0.25, 0.3) is 5.65 Å². The molecule has 0 saturated carbocycles. The summed E-state index contributed by atoms with van der Waals surface area (Å²) in [6.07, 6.45) is 3.85. The summed E-state index contributed by atoms with van der Waals surface area (Å²) in [5, 5.41) is 12.0. The quantitative estimate of drug-likeness (QED) is 0.525. The van der Waals surface area contributed by atoms with Crippen molar-refractivity contribution in [1.82, 2.24) is 19.9 Å². The third-order valence-electron chi connectivity index (χ3n) is 5.69. The van der Waals surface area contributed by atoms with Crippen molar-refractivity contribution in [2.45, 2.75) is 49.4 Å². The van der Waals surface area contributed by atoms with Gasteiger partial charge in [0, 0.05) is 37.1 Å². The van der Waals surface area contributed by atoms with Crippen LogP contribution >= 0.6 is 11.8 Å². The van der Waals surface area contributed by atoms with Crippen LogP contribution in [0.4, 0.5) is 15.9 Å². The fourth-order valence-corrected chi connectivity index (χ4v) is 5.08. The number of nitrogens with one attached hydrogen (secondary N) is 2. The van der Waals surface area contributed by atoms with Gasteiger partial charge < -0.3 is 15.5 Å². The van der Waals surface area contributed by atoms with Crippen LogP contribution in [0.1, 0.15) is 43.7 Å². The van der Waals surface area contributed by atoms with Crippen molar-refractivity contribution >= 4 is 28.9 Å². The van der Waals surface area contributed by atoms with Gasteiger partial charge >= 0.3 is 0 Å². The Morgan fingerprint density at radius 3 is 2.71 bits per heavy atom. The number of aromatic nitrogens is 3. The Bertz CT molecular complexity index is 1040. The van der Waals surface area contributed by atoms with E-state index in [0.29, 0.717) is 22.6 Å². The molecule has 3 aromatic rings. The summed E-state index contributed by atoms with van der Waals surface area (Å²) in [5.74, 6) is 0.313. The molecule has 0 amide bonds. The van der Waals surface area contributed by atoms with Gasteiger partial charge in [-0.3, -0.25) is 0 Å². The first-order valence-corrected chi connectivity index (χ1v) is 11.8. The molecule has 1 aliphatic rings. The van der Waals surface area contributed by atoms with Crippen molar-refractivity contribution < 1.29 is 4.39 Å². The molecule has 0 aliphatic carbocycles. The zero-order chi connectivity index (χ0) is 22.0. The Morgan fingerprint density at radius 2 is 2.00 bits per heavy atom. The second-order valence-corrected chi connectivity index (χ2v) is 9.80. The average molecular weight is 443 g/mol. The number of hydrogen-bond acceptors (Lipinski definition) is 6. The molecule has 0 spiro atoms. The second kappa shape index (κ2) is 9.44. The Morgan fingerprint density at radius 1 is 1.26 bits per heavy atom. The number of piperidine rings is 1. The molecule has 2 N–H and O–H groups in total. The van der Waals surface area contributed by atoms with Gasteiger partial charge in [-0.15, -0.1) is 0 Å². The molecule has 3 heterocycles. The molecule has 166 valence electrons. The summed E-state index contributed by atoms with van der Waals surface area (Å²) in [5.41, 5.74) is 3.97. The van der Waals surface area contributed by atoms with E-state index in [2.05, 4.69) is 46.6 Å². The Kier molecular flexibility index (Phi) is 6.67. The fourth-order valence-electron chi connectivity index (χ4n) is 3.95. The first kappa shape index (κ1) is 21.9. The summed E-state index contributed by atoms with van der Waals surface area (Å²) in [6.45, 7) is 6.67. The van der Waals surface area contributed by atoms with Gasteiger partial charge in [-0.1, -0.05) is 43.8 Å². The minimum atomic E-state index is -0.322. The highest BCUT2D eigenvalue weighted by atomic mass is 32.2. The molecular weight excluding hydrogens is 411 g/mol. The predicted molar refractivity (Wildman–Crippen MR) is 127 cm³/mol. The molecule has 1 saturated heterocycles. The molecule has 0 unspecified atom stereocenters. The van der Waals surface area contributed by atoms with Gasteiger partial charge in [0.2, 0.25) is 0 Å². The van der Waals surface area contributed by atoms with E-state index >= 15 is 4.39 Å². The number of para-hydroxylation sites is 1. The van der Waals surface area contributed by atoms with Crippen molar-refractivity contribution in [2.75, 3.05) is 37.4 Å². The van der Waals surface area contributed by atoms with Crippen molar-refractivity contribution in [1.29, 1.82) is 0 Å². The van der Waals surface area contributed by atoms with Crippen molar-refractivity contribution in [2.24, 2.45) is 0 Å². The zero-order valence-corrected chi connectivity index (χ0v) is 19.5. The van der Waals surface area contributed by atoms with Crippen LogP contribution in [0.5, 0.6) is 0 Å². The maximum Gasteiger partial charge on any atom is 0.197 e. The highest BCUT2D eigenvalue weighted by molar-refractivity contribution is 7.99. The lowest BCUT2D eigenvalue weighted by Gasteiger charge is -2.22. The first-order chi connectivity index (χ1) is 15.0. The maximum atomic E-state index is 15.7. The van der Waals surface area contributed by atoms with E-state index in [1.807, 2.05) is 32.4 Å². The lowest BCUT2D eigenvalue weighted by Crippen LogP contribution is -2.29. The number of rotatable bonds is 7. The Labute approximate surface area is 187 Å². The molecule has 1 aliphatic heterocycles. The minimum Gasteiger partial charge on any atom is -0.377 e. The summed E-state index contributed by atoms with van der Waals surface area (Å²) < 4.78 is 17.3. The van der Waals surface area contributed by atoms with Crippen LogP contribution in [-0.2, 0) is 6.54 Å². The first-order valence-electron chi connectivity index (χ1n) is 10.9. The number of benzene rings is 1. The van der Waals surface area contributed by atoms with E-state index < -0.39 is 0 Å². The molecule has 1 aromatic carbocycles. The molecule has 1 fully saturated rings. The van der Waals surface area contributed by atoms with Gasteiger partial charge in [0.25, 0.3) is 0 Å². The average Bonchev–Trinajstić information content (AvgIpc) is 3.18. The smallest absolute Gasteiger partial charge is 0.197 e. The fraction of sp³-hybridized carbons (Fsp3) is 0.478. The standard InChI is InChI=1S/C23H31FN6S/c1-15(2)18-14-27-30-21(18)28-23(31-17-9-11-25-12-10-17)20(24)22(30)26-13-16-7-5-6-8-19(16)29(3)4/h5-8,14-15,17,25-26H,9-13H2,1-4H3. The van der Waals surface area contributed by atoms with E-state index in [9.17, 15) is 0 Å². The molecule has 0 atom stereocenters. The van der Waals surface area contributed by atoms with E-state index in [1.54, 1.807) is 16.3 Å². The van der Waals surface area contributed by atoms with Crippen LogP contribution in [-0.4, -0.2) is 47.0 Å². The van der Waals surface area contributed by atoms with Crippen molar-refractivity contribution in [3.63, 3.8) is 0 Å². The molecule has 6 nitrogen and oxygen atoms in total. The normalized spacial score (nSPS) is 15.0. The maximum absolute atomic E-state index is 15.7. The van der Waals surface area contributed by atoms with Crippen LogP contribution < -0.4 is 15.5 Å². The van der Waals surface area contributed by atoms with Crippen LogP contribution in [0, 0.1) is 5.82 Å². The Balaban J connectivity index is 1.71. The highest BCUT2D eigenvalue weighted by Gasteiger charge is 2.24. The molecule has 0 bridgehead atoms. The number of halogens is 1. The lowest BCUT2D eigenvalue weighted by atomic mass is 10.1. The van der Waals surface area contributed by atoms with Gasteiger partial charge in [-0.25, -0.2) is 4.98 Å². The number of thioether (sulfide) groups is 1. The SMILES string of the molecule is CC(C)c1cnn2c(NCc3ccccc3N(C)C)c(F)c(SC3CCNCC3)nc12. The number of nitrogens with zero attached hydrogens (tertiary/aromatic N) is 4. The van der Waals surface area contributed by atoms with Gasteiger partial charge in [-0.05, 0) is 43.5 Å². The molecule has 31 heavy (non-hydrogen) atoms. The third-order valence-corrected chi connectivity index (χ3v) is 6.99. The topological polar surface area (TPSA) is 57.5 Å². The lowest BCUT2D eigenvalue weighted by molar-refractivity contribution is 0.528. The summed E-state index contributed by atoms with van der Waals surface area (Å²) >= 11 is 1.56.